The highest BCUT2D eigenvalue weighted by atomic mass is 32.1. The second-order valence-corrected chi connectivity index (χ2v) is 8.83. The topological polar surface area (TPSA) is 62.2 Å². The third-order valence-corrected chi connectivity index (χ3v) is 6.84. The molecule has 0 bridgehead atoms. The first-order valence-electron chi connectivity index (χ1n) is 10.9. The van der Waals surface area contributed by atoms with E-state index < -0.39 is 0 Å². The number of nitrogens with zero attached hydrogens (tertiary/aromatic N) is 5. The number of hydrogen-bond donors (Lipinski definition) is 0. The third-order valence-electron chi connectivity index (χ3n) is 5.97. The van der Waals surface area contributed by atoms with Crippen molar-refractivity contribution >= 4 is 33.5 Å². The molecule has 1 amide bonds. The summed E-state index contributed by atoms with van der Waals surface area (Å²) in [6.07, 6.45) is 0.901. The Balaban J connectivity index is 1.51. The van der Waals surface area contributed by atoms with E-state index in [1.807, 2.05) is 73.3 Å². The number of aryl methyl sites for hydroxylation is 1. The normalized spacial score (nSPS) is 14.6. The molecule has 0 N–H and O–H groups in total. The quantitative estimate of drug-likeness (QED) is 0.458. The van der Waals surface area contributed by atoms with Crippen LogP contribution < -0.4 is 4.90 Å². The summed E-state index contributed by atoms with van der Waals surface area (Å²) in [5, 5.41) is 1.85. The van der Waals surface area contributed by atoms with Crippen LogP contribution in [0.1, 0.15) is 28.2 Å². The van der Waals surface area contributed by atoms with Gasteiger partial charge in [-0.05, 0) is 31.9 Å². The summed E-state index contributed by atoms with van der Waals surface area (Å²) in [5.41, 5.74) is 4.43. The molecule has 2 aromatic carbocycles. The Labute approximate surface area is 191 Å². The van der Waals surface area contributed by atoms with Crippen LogP contribution in [0.2, 0.25) is 0 Å². The number of benzene rings is 2. The van der Waals surface area contributed by atoms with Crippen molar-refractivity contribution in [2.45, 2.75) is 20.3 Å². The predicted octanol–water partition coefficient (Wildman–Crippen LogP) is 4.72. The van der Waals surface area contributed by atoms with E-state index in [9.17, 15) is 4.79 Å². The fraction of sp³-hybridized carbons (Fsp3) is 0.280. The van der Waals surface area contributed by atoms with Gasteiger partial charge in [0.25, 0.3) is 5.91 Å². The highest BCUT2D eigenvalue weighted by Crippen LogP contribution is 2.31. The van der Waals surface area contributed by atoms with E-state index in [1.54, 1.807) is 0 Å². The van der Waals surface area contributed by atoms with Crippen LogP contribution in [0, 0.1) is 13.8 Å². The molecule has 1 saturated heterocycles. The van der Waals surface area contributed by atoms with E-state index in [-0.39, 0.29) is 5.91 Å². The third kappa shape index (κ3) is 3.84. The largest absolute Gasteiger partial charge is 0.345 e. The minimum atomic E-state index is 0.0774. The molecule has 0 atom stereocenters. The van der Waals surface area contributed by atoms with Crippen LogP contribution in [0.25, 0.3) is 22.2 Å². The zero-order valence-corrected chi connectivity index (χ0v) is 19.1. The van der Waals surface area contributed by atoms with Crippen molar-refractivity contribution in [3.63, 3.8) is 0 Å². The molecule has 5 rings (SSSR count). The molecule has 1 aliphatic heterocycles. The van der Waals surface area contributed by atoms with E-state index in [0.717, 1.165) is 70.3 Å². The molecule has 32 heavy (non-hydrogen) atoms. The Hall–Kier alpha value is -3.32. The van der Waals surface area contributed by atoms with Crippen molar-refractivity contribution in [3.8, 4) is 11.3 Å². The Morgan fingerprint density at radius 3 is 2.47 bits per heavy atom. The van der Waals surface area contributed by atoms with Gasteiger partial charge >= 0.3 is 0 Å². The van der Waals surface area contributed by atoms with Crippen LogP contribution in [0.5, 0.6) is 0 Å². The number of carbonyl (C=O) groups excluding carboxylic acids is 1. The van der Waals surface area contributed by atoms with Gasteiger partial charge in [0.2, 0.25) is 5.13 Å². The molecule has 1 fully saturated rings. The molecule has 2 aromatic heterocycles. The second-order valence-electron chi connectivity index (χ2n) is 8.10. The van der Waals surface area contributed by atoms with Crippen molar-refractivity contribution in [3.05, 3.63) is 71.5 Å². The molecule has 1 aliphatic rings. The Kier molecular flexibility index (Phi) is 5.57. The van der Waals surface area contributed by atoms with Crippen LogP contribution >= 0.6 is 11.5 Å². The molecular weight excluding hydrogens is 418 g/mol. The maximum Gasteiger partial charge on any atom is 0.254 e. The Bertz CT molecular complexity index is 1270. The monoisotopic (exact) mass is 443 g/mol. The zero-order chi connectivity index (χ0) is 22.1. The number of fused-ring (bicyclic) bond motifs is 1. The fourth-order valence-corrected chi connectivity index (χ4v) is 5.07. The van der Waals surface area contributed by atoms with Gasteiger partial charge in [0.1, 0.15) is 5.82 Å². The number of anilines is 1. The number of para-hydroxylation sites is 1. The maximum absolute atomic E-state index is 13.9. The molecule has 3 heterocycles. The van der Waals surface area contributed by atoms with Gasteiger partial charge in [-0.15, -0.1) is 0 Å². The van der Waals surface area contributed by atoms with Crippen molar-refractivity contribution in [1.29, 1.82) is 0 Å². The number of pyridine rings is 1. The van der Waals surface area contributed by atoms with E-state index in [1.165, 1.54) is 11.5 Å². The van der Waals surface area contributed by atoms with E-state index >= 15 is 0 Å². The first-order chi connectivity index (χ1) is 15.6. The number of aromatic nitrogens is 3. The molecule has 6 nitrogen and oxygen atoms in total. The van der Waals surface area contributed by atoms with Crippen LogP contribution in [-0.2, 0) is 0 Å². The summed E-state index contributed by atoms with van der Waals surface area (Å²) in [6.45, 7) is 6.95. The smallest absolute Gasteiger partial charge is 0.254 e. The van der Waals surface area contributed by atoms with Gasteiger partial charge in [-0.25, -0.2) is 9.97 Å². The lowest BCUT2D eigenvalue weighted by Gasteiger charge is -2.24. The summed E-state index contributed by atoms with van der Waals surface area (Å²) in [4.78, 5) is 27.5. The average molecular weight is 444 g/mol. The Morgan fingerprint density at radius 2 is 1.69 bits per heavy atom. The van der Waals surface area contributed by atoms with E-state index in [0.29, 0.717) is 6.54 Å². The first kappa shape index (κ1) is 20.6. The van der Waals surface area contributed by atoms with Crippen LogP contribution in [-0.4, -0.2) is 51.3 Å². The molecule has 0 unspecified atom stereocenters. The molecule has 0 saturated carbocycles. The van der Waals surface area contributed by atoms with Gasteiger partial charge in [-0.1, -0.05) is 48.5 Å². The van der Waals surface area contributed by atoms with Crippen LogP contribution in [0.15, 0.2) is 54.6 Å². The molecular formula is C25H25N5OS. The number of carbonyl (C=O) groups is 1. The van der Waals surface area contributed by atoms with Crippen molar-refractivity contribution in [1.82, 2.24) is 19.2 Å². The maximum atomic E-state index is 13.9. The zero-order valence-electron chi connectivity index (χ0n) is 18.3. The van der Waals surface area contributed by atoms with Crippen LogP contribution in [0.4, 0.5) is 5.13 Å². The SMILES string of the molecule is Cc1nsc(N2CCCN(C(=O)c3c(C)c(-c4ccccc4)nc4ccccc34)CC2)n1. The number of rotatable bonds is 3. The summed E-state index contributed by atoms with van der Waals surface area (Å²) in [7, 11) is 0. The summed E-state index contributed by atoms with van der Waals surface area (Å²) >= 11 is 1.43. The minimum absolute atomic E-state index is 0.0774. The van der Waals surface area contributed by atoms with Crippen LogP contribution in [0.3, 0.4) is 0 Å². The standard InChI is InChI=1S/C25H25N5OS/c1-17-22(20-11-6-7-12-21(20)27-23(17)19-9-4-3-5-10-19)24(31)29-13-8-14-30(16-15-29)25-26-18(2)28-32-25/h3-7,9-12H,8,13-16H2,1-2H3. The van der Waals surface area contributed by atoms with E-state index in [4.69, 9.17) is 4.98 Å². The van der Waals surface area contributed by atoms with Gasteiger partial charge in [0, 0.05) is 48.7 Å². The number of hydrogen-bond acceptors (Lipinski definition) is 6. The fourth-order valence-electron chi connectivity index (χ4n) is 4.34. The molecule has 0 spiro atoms. The minimum Gasteiger partial charge on any atom is -0.345 e. The second kappa shape index (κ2) is 8.67. The first-order valence-corrected chi connectivity index (χ1v) is 11.7. The van der Waals surface area contributed by atoms with Gasteiger partial charge < -0.3 is 9.80 Å². The van der Waals surface area contributed by atoms with Gasteiger partial charge in [-0.3, -0.25) is 4.79 Å². The number of amides is 1. The molecule has 4 aromatic rings. The Morgan fingerprint density at radius 1 is 0.906 bits per heavy atom. The highest BCUT2D eigenvalue weighted by Gasteiger charge is 2.26. The lowest BCUT2D eigenvalue weighted by molar-refractivity contribution is 0.0768. The van der Waals surface area contributed by atoms with Crippen molar-refractivity contribution in [2.24, 2.45) is 0 Å². The molecule has 162 valence electrons. The van der Waals surface area contributed by atoms with Gasteiger partial charge in [0.05, 0.1) is 16.8 Å². The van der Waals surface area contributed by atoms with E-state index in [2.05, 4.69) is 14.3 Å². The summed E-state index contributed by atoms with van der Waals surface area (Å²) in [6, 6.07) is 18.0. The molecule has 0 radical (unpaired) electrons. The molecule has 7 heteroatoms. The lowest BCUT2D eigenvalue weighted by atomic mass is 9.96. The summed E-state index contributed by atoms with van der Waals surface area (Å²) in [5.74, 6) is 0.878. The lowest BCUT2D eigenvalue weighted by Crippen LogP contribution is -2.35. The van der Waals surface area contributed by atoms with Gasteiger partial charge in [0.15, 0.2) is 0 Å². The average Bonchev–Trinajstić information content (AvgIpc) is 3.10. The predicted molar refractivity (Wildman–Crippen MR) is 129 cm³/mol. The highest BCUT2D eigenvalue weighted by molar-refractivity contribution is 7.09. The van der Waals surface area contributed by atoms with Gasteiger partial charge in [-0.2, -0.15) is 4.37 Å². The summed E-state index contributed by atoms with van der Waals surface area (Å²) < 4.78 is 4.31. The van der Waals surface area contributed by atoms with Crippen molar-refractivity contribution < 1.29 is 4.79 Å². The van der Waals surface area contributed by atoms with Crippen molar-refractivity contribution in [2.75, 3.05) is 31.1 Å². The molecule has 0 aliphatic carbocycles.